The molecule has 0 bridgehead atoms. The van der Waals surface area contributed by atoms with E-state index in [9.17, 15) is 4.79 Å². The molecule has 20 heavy (non-hydrogen) atoms. The van der Waals surface area contributed by atoms with Crippen molar-refractivity contribution in [2.75, 3.05) is 0 Å². The fourth-order valence-corrected chi connectivity index (χ4v) is 4.12. The largest absolute Gasteiger partial charge is 0.300 e. The second-order valence-corrected chi connectivity index (χ2v) is 6.26. The van der Waals surface area contributed by atoms with E-state index in [1.807, 2.05) is 0 Å². The van der Waals surface area contributed by atoms with Gasteiger partial charge in [0.15, 0.2) is 0 Å². The number of carbonyl (C=O) groups excluding carboxylic acids is 1. The SMILES string of the molecule is CC1CC(=O)CC2C=Cc3c(ccc4ccccc34)C12. The number of hydrogen-bond acceptors (Lipinski definition) is 1. The number of benzene rings is 2. The Morgan fingerprint density at radius 2 is 1.90 bits per heavy atom. The van der Waals surface area contributed by atoms with Crippen LogP contribution < -0.4 is 0 Å². The Morgan fingerprint density at radius 3 is 2.80 bits per heavy atom. The molecular formula is C19H18O. The zero-order valence-corrected chi connectivity index (χ0v) is 11.7. The van der Waals surface area contributed by atoms with Crippen LogP contribution in [0.2, 0.25) is 0 Å². The van der Waals surface area contributed by atoms with Crippen molar-refractivity contribution in [2.24, 2.45) is 11.8 Å². The molecule has 1 saturated carbocycles. The lowest BCUT2D eigenvalue weighted by atomic mass is 9.65. The van der Waals surface area contributed by atoms with E-state index in [0.29, 0.717) is 23.5 Å². The van der Waals surface area contributed by atoms with Gasteiger partial charge in [0.25, 0.3) is 0 Å². The second kappa shape index (κ2) is 4.31. The maximum absolute atomic E-state index is 11.8. The molecule has 0 heterocycles. The maximum atomic E-state index is 11.8. The summed E-state index contributed by atoms with van der Waals surface area (Å²) in [5.41, 5.74) is 2.81. The van der Waals surface area contributed by atoms with Gasteiger partial charge in [-0.15, -0.1) is 0 Å². The number of carbonyl (C=O) groups is 1. The number of fused-ring (bicyclic) bond motifs is 5. The summed E-state index contributed by atoms with van der Waals surface area (Å²) in [7, 11) is 0. The molecule has 2 aromatic carbocycles. The number of ketones is 1. The Balaban J connectivity index is 1.93. The summed E-state index contributed by atoms with van der Waals surface area (Å²) in [6, 6.07) is 13.1. The third-order valence-electron chi connectivity index (χ3n) is 4.96. The molecule has 3 unspecified atom stereocenters. The predicted molar refractivity (Wildman–Crippen MR) is 82.6 cm³/mol. The monoisotopic (exact) mass is 262 g/mol. The van der Waals surface area contributed by atoms with Crippen LogP contribution in [-0.4, -0.2) is 5.78 Å². The lowest BCUT2D eigenvalue weighted by Gasteiger charge is -2.38. The molecule has 4 rings (SSSR count). The summed E-state index contributed by atoms with van der Waals surface area (Å²) in [6.07, 6.45) is 5.97. The number of Topliss-reactive ketones (excluding diaryl/α,β-unsaturated/α-hetero) is 1. The highest BCUT2D eigenvalue weighted by Crippen LogP contribution is 2.46. The standard InChI is InChI=1S/C19H18O/c1-12-10-15(20)11-14-7-8-17-16-5-3-2-4-13(16)6-9-18(17)19(12)14/h2-9,12,14,19H,10-11H2,1H3. The van der Waals surface area contributed by atoms with E-state index in [4.69, 9.17) is 0 Å². The van der Waals surface area contributed by atoms with Crippen LogP contribution in [0.15, 0.2) is 42.5 Å². The quantitative estimate of drug-likeness (QED) is 0.680. The first-order chi connectivity index (χ1) is 9.74. The van der Waals surface area contributed by atoms with Crippen molar-refractivity contribution in [3.8, 4) is 0 Å². The summed E-state index contributed by atoms with van der Waals surface area (Å²) < 4.78 is 0. The molecule has 0 radical (unpaired) electrons. The summed E-state index contributed by atoms with van der Waals surface area (Å²) >= 11 is 0. The Kier molecular flexibility index (Phi) is 2.56. The van der Waals surface area contributed by atoms with Crippen LogP contribution in [0.25, 0.3) is 16.8 Å². The first-order valence-corrected chi connectivity index (χ1v) is 7.45. The van der Waals surface area contributed by atoms with Gasteiger partial charge < -0.3 is 0 Å². The van der Waals surface area contributed by atoms with E-state index in [1.54, 1.807) is 0 Å². The molecule has 0 aromatic heterocycles. The van der Waals surface area contributed by atoms with Gasteiger partial charge >= 0.3 is 0 Å². The summed E-state index contributed by atoms with van der Waals surface area (Å²) in [4.78, 5) is 11.8. The minimum atomic E-state index is 0.403. The topological polar surface area (TPSA) is 17.1 Å². The first kappa shape index (κ1) is 11.9. The molecule has 0 aliphatic heterocycles. The van der Waals surface area contributed by atoms with Crippen LogP contribution in [0.4, 0.5) is 0 Å². The highest BCUT2D eigenvalue weighted by molar-refractivity contribution is 5.93. The zero-order valence-electron chi connectivity index (χ0n) is 11.7. The lowest BCUT2D eigenvalue weighted by Crippen LogP contribution is -2.30. The van der Waals surface area contributed by atoms with Gasteiger partial charge in [0.05, 0.1) is 0 Å². The molecule has 0 N–H and O–H groups in total. The van der Waals surface area contributed by atoms with E-state index < -0.39 is 0 Å². The van der Waals surface area contributed by atoms with Crippen molar-refractivity contribution < 1.29 is 4.79 Å². The fraction of sp³-hybridized carbons (Fsp3) is 0.316. The van der Waals surface area contributed by atoms with Gasteiger partial charge in [-0.3, -0.25) is 4.79 Å². The molecule has 0 amide bonds. The average molecular weight is 262 g/mol. The van der Waals surface area contributed by atoms with Crippen molar-refractivity contribution >= 4 is 22.6 Å². The van der Waals surface area contributed by atoms with Crippen LogP contribution in [0.3, 0.4) is 0 Å². The van der Waals surface area contributed by atoms with Gasteiger partial charge in [-0.05, 0) is 39.7 Å². The van der Waals surface area contributed by atoms with Crippen molar-refractivity contribution in [1.82, 2.24) is 0 Å². The summed E-state index contributed by atoms with van der Waals surface area (Å²) in [5, 5.41) is 2.64. The zero-order chi connectivity index (χ0) is 13.7. The minimum Gasteiger partial charge on any atom is -0.300 e. The van der Waals surface area contributed by atoms with Crippen LogP contribution in [0, 0.1) is 11.8 Å². The number of hydrogen-bond donors (Lipinski definition) is 0. The lowest BCUT2D eigenvalue weighted by molar-refractivity contribution is -0.122. The van der Waals surface area contributed by atoms with Crippen LogP contribution >= 0.6 is 0 Å². The highest BCUT2D eigenvalue weighted by Gasteiger charge is 2.37. The molecule has 2 aliphatic rings. The van der Waals surface area contributed by atoms with E-state index in [1.165, 1.54) is 21.9 Å². The molecule has 3 atom stereocenters. The molecule has 0 spiro atoms. The van der Waals surface area contributed by atoms with Crippen LogP contribution in [-0.2, 0) is 4.79 Å². The van der Waals surface area contributed by atoms with Gasteiger partial charge in [0.2, 0.25) is 0 Å². The van der Waals surface area contributed by atoms with Gasteiger partial charge in [-0.25, -0.2) is 0 Å². The maximum Gasteiger partial charge on any atom is 0.133 e. The minimum absolute atomic E-state index is 0.403. The van der Waals surface area contributed by atoms with Crippen molar-refractivity contribution in [2.45, 2.75) is 25.7 Å². The van der Waals surface area contributed by atoms with E-state index in [-0.39, 0.29) is 0 Å². The second-order valence-electron chi connectivity index (χ2n) is 6.26. The fourth-order valence-electron chi connectivity index (χ4n) is 4.12. The Hall–Kier alpha value is -1.89. The van der Waals surface area contributed by atoms with Crippen LogP contribution in [0.5, 0.6) is 0 Å². The smallest absolute Gasteiger partial charge is 0.133 e. The highest BCUT2D eigenvalue weighted by atomic mass is 16.1. The van der Waals surface area contributed by atoms with Crippen molar-refractivity contribution in [1.29, 1.82) is 0 Å². The Morgan fingerprint density at radius 1 is 1.05 bits per heavy atom. The Labute approximate surface area is 119 Å². The molecule has 1 fully saturated rings. The molecule has 2 aliphatic carbocycles. The van der Waals surface area contributed by atoms with E-state index in [0.717, 1.165) is 12.8 Å². The molecular weight excluding hydrogens is 244 g/mol. The van der Waals surface area contributed by atoms with E-state index >= 15 is 0 Å². The molecule has 2 aromatic rings. The van der Waals surface area contributed by atoms with Gasteiger partial charge in [-0.2, -0.15) is 0 Å². The summed E-state index contributed by atoms with van der Waals surface area (Å²) in [5.74, 6) is 1.79. The van der Waals surface area contributed by atoms with Crippen LogP contribution in [0.1, 0.15) is 36.8 Å². The van der Waals surface area contributed by atoms with Crippen molar-refractivity contribution in [3.05, 3.63) is 53.6 Å². The molecule has 0 saturated heterocycles. The molecule has 1 nitrogen and oxygen atoms in total. The Bertz CT molecular complexity index is 726. The van der Waals surface area contributed by atoms with E-state index in [2.05, 4.69) is 55.5 Å². The predicted octanol–water partition coefficient (Wildman–Crippen LogP) is 4.57. The van der Waals surface area contributed by atoms with Gasteiger partial charge in [0.1, 0.15) is 5.78 Å². The van der Waals surface area contributed by atoms with Gasteiger partial charge in [0, 0.05) is 12.8 Å². The molecule has 100 valence electrons. The first-order valence-electron chi connectivity index (χ1n) is 7.45. The number of allylic oxidation sites excluding steroid dienone is 1. The normalized spacial score (nSPS) is 28.2. The third-order valence-corrected chi connectivity index (χ3v) is 4.96. The number of rotatable bonds is 0. The molecule has 1 heteroatoms. The third kappa shape index (κ3) is 1.66. The van der Waals surface area contributed by atoms with Gasteiger partial charge in [-0.1, -0.05) is 55.5 Å². The van der Waals surface area contributed by atoms with Crippen molar-refractivity contribution in [3.63, 3.8) is 0 Å². The average Bonchev–Trinajstić information content (AvgIpc) is 2.46. The summed E-state index contributed by atoms with van der Waals surface area (Å²) in [6.45, 7) is 2.23.